The summed E-state index contributed by atoms with van der Waals surface area (Å²) in [5, 5.41) is 6.24. The smallest absolute Gasteiger partial charge is 0.255 e. The van der Waals surface area contributed by atoms with Crippen molar-refractivity contribution in [1.82, 2.24) is 4.72 Å². The zero-order chi connectivity index (χ0) is 25.6. The number of anilines is 2. The number of amides is 1. The Bertz CT molecular complexity index is 1310. The number of nitrogens with one attached hydrogen (secondary N) is 3. The van der Waals surface area contributed by atoms with E-state index in [9.17, 15) is 13.2 Å². The second kappa shape index (κ2) is 11.3. The van der Waals surface area contributed by atoms with Crippen molar-refractivity contribution >= 4 is 38.9 Å². The molecule has 3 rings (SSSR count). The first-order valence-corrected chi connectivity index (χ1v) is 12.3. The predicted octanol–water partition coefficient (Wildman–Crippen LogP) is 4.14. The molecule has 0 aliphatic heterocycles. The molecule has 0 saturated heterocycles. The van der Waals surface area contributed by atoms with E-state index in [0.29, 0.717) is 39.2 Å². The molecule has 9 nitrogen and oxygen atoms in total. The Morgan fingerprint density at radius 3 is 2.23 bits per heavy atom. The van der Waals surface area contributed by atoms with Crippen LogP contribution < -0.4 is 29.6 Å². The Morgan fingerprint density at radius 2 is 1.63 bits per heavy atom. The maximum Gasteiger partial charge on any atom is 0.255 e. The quantitative estimate of drug-likeness (QED) is 0.369. The normalized spacial score (nSPS) is 11.0. The van der Waals surface area contributed by atoms with E-state index in [0.717, 1.165) is 0 Å². The predicted molar refractivity (Wildman–Crippen MR) is 136 cm³/mol. The number of methoxy groups -OCH3 is 3. The molecule has 3 aromatic rings. The Hall–Kier alpha value is -3.47. The summed E-state index contributed by atoms with van der Waals surface area (Å²) in [4.78, 5) is 12.9. The molecule has 3 N–H and O–H groups in total. The molecule has 186 valence electrons. The highest BCUT2D eigenvalue weighted by atomic mass is 35.5. The first-order valence-electron chi connectivity index (χ1n) is 10.4. The standard InChI is InChI=1S/C24H26ClN3O6S/c1-26-35(30,31)20-12-16(24(29)28-17-6-8-19(32-2)9-7-17)11-18(13-20)27-14-15-5-10-21(33-3)23(34-4)22(15)25/h5-13,26-27H,14H2,1-4H3,(H,28,29). The summed E-state index contributed by atoms with van der Waals surface area (Å²) in [6.45, 7) is 0.238. The molecule has 35 heavy (non-hydrogen) atoms. The van der Waals surface area contributed by atoms with Crippen molar-refractivity contribution in [3.63, 3.8) is 0 Å². The molecule has 0 unspecified atom stereocenters. The summed E-state index contributed by atoms with van der Waals surface area (Å²) >= 11 is 6.46. The summed E-state index contributed by atoms with van der Waals surface area (Å²) in [5.74, 6) is 1.04. The van der Waals surface area contributed by atoms with E-state index in [1.807, 2.05) is 0 Å². The minimum absolute atomic E-state index is 0.0664. The molecule has 0 bridgehead atoms. The first-order chi connectivity index (χ1) is 16.7. The number of carbonyl (C=O) groups is 1. The van der Waals surface area contributed by atoms with Crippen LogP contribution in [0.1, 0.15) is 15.9 Å². The highest BCUT2D eigenvalue weighted by Gasteiger charge is 2.18. The SMILES string of the molecule is CNS(=O)(=O)c1cc(NCc2ccc(OC)c(OC)c2Cl)cc(C(=O)Nc2ccc(OC)cc2)c1. The van der Waals surface area contributed by atoms with Crippen LogP contribution in [0.4, 0.5) is 11.4 Å². The molecule has 0 aliphatic rings. The number of ether oxygens (including phenoxy) is 3. The fourth-order valence-electron chi connectivity index (χ4n) is 3.25. The lowest BCUT2D eigenvalue weighted by atomic mass is 10.1. The van der Waals surface area contributed by atoms with Gasteiger partial charge >= 0.3 is 0 Å². The highest BCUT2D eigenvalue weighted by Crippen LogP contribution is 2.37. The van der Waals surface area contributed by atoms with Crippen molar-refractivity contribution in [1.29, 1.82) is 0 Å². The van der Waals surface area contributed by atoms with Crippen LogP contribution in [-0.4, -0.2) is 42.7 Å². The van der Waals surface area contributed by atoms with Crippen LogP contribution in [0.15, 0.2) is 59.5 Å². The maximum absolute atomic E-state index is 12.9. The van der Waals surface area contributed by atoms with Crippen LogP contribution in [0.3, 0.4) is 0 Å². The summed E-state index contributed by atoms with van der Waals surface area (Å²) in [6.07, 6.45) is 0. The molecular formula is C24H26ClN3O6S. The fourth-order valence-corrected chi connectivity index (χ4v) is 4.35. The number of halogens is 1. The zero-order valence-electron chi connectivity index (χ0n) is 19.6. The summed E-state index contributed by atoms with van der Waals surface area (Å²) in [7, 11) is 2.03. The van der Waals surface area contributed by atoms with Crippen LogP contribution in [0.25, 0.3) is 0 Å². The van der Waals surface area contributed by atoms with Crippen LogP contribution >= 0.6 is 11.6 Å². The van der Waals surface area contributed by atoms with Crippen LogP contribution in [0.5, 0.6) is 17.2 Å². The lowest BCUT2D eigenvalue weighted by Gasteiger charge is -2.15. The van der Waals surface area contributed by atoms with Gasteiger partial charge in [-0.3, -0.25) is 4.79 Å². The van der Waals surface area contributed by atoms with Crippen LogP contribution in [-0.2, 0) is 16.6 Å². The van der Waals surface area contributed by atoms with Crippen molar-refractivity contribution in [2.45, 2.75) is 11.4 Å². The van der Waals surface area contributed by atoms with E-state index in [1.54, 1.807) is 49.6 Å². The van der Waals surface area contributed by atoms with Gasteiger partial charge in [-0.25, -0.2) is 13.1 Å². The summed E-state index contributed by atoms with van der Waals surface area (Å²) in [5.41, 5.74) is 1.78. The third kappa shape index (κ3) is 6.16. The van der Waals surface area contributed by atoms with Gasteiger partial charge in [0.05, 0.1) is 31.2 Å². The van der Waals surface area contributed by atoms with Crippen LogP contribution in [0, 0.1) is 0 Å². The van der Waals surface area contributed by atoms with E-state index in [4.69, 9.17) is 25.8 Å². The Morgan fingerprint density at radius 1 is 0.914 bits per heavy atom. The van der Waals surface area contributed by atoms with E-state index in [1.165, 1.54) is 33.4 Å². The lowest BCUT2D eigenvalue weighted by molar-refractivity contribution is 0.102. The van der Waals surface area contributed by atoms with Crippen molar-refractivity contribution in [3.05, 3.63) is 70.7 Å². The molecular weight excluding hydrogens is 494 g/mol. The van der Waals surface area contributed by atoms with Crippen molar-refractivity contribution < 1.29 is 27.4 Å². The zero-order valence-corrected chi connectivity index (χ0v) is 21.2. The largest absolute Gasteiger partial charge is 0.497 e. The molecule has 3 aromatic carbocycles. The topological polar surface area (TPSA) is 115 Å². The van der Waals surface area contributed by atoms with Gasteiger partial charge in [-0.2, -0.15) is 0 Å². The molecule has 0 aromatic heterocycles. The molecule has 0 saturated carbocycles. The van der Waals surface area contributed by atoms with E-state index >= 15 is 0 Å². The number of rotatable bonds is 10. The molecule has 0 aliphatic carbocycles. The Labute approximate surface area is 209 Å². The van der Waals surface area contributed by atoms with E-state index in [-0.39, 0.29) is 17.0 Å². The molecule has 0 radical (unpaired) electrons. The van der Waals surface area contributed by atoms with Crippen molar-refractivity contribution in [2.75, 3.05) is 39.0 Å². The van der Waals surface area contributed by atoms with Gasteiger partial charge in [0.1, 0.15) is 5.75 Å². The maximum atomic E-state index is 12.9. The van der Waals surface area contributed by atoms with Gasteiger partial charge in [-0.15, -0.1) is 0 Å². The summed E-state index contributed by atoms with van der Waals surface area (Å²) < 4.78 is 43.0. The van der Waals surface area contributed by atoms with E-state index in [2.05, 4.69) is 15.4 Å². The average Bonchev–Trinajstić information content (AvgIpc) is 2.87. The fraction of sp³-hybridized carbons (Fsp3) is 0.208. The molecule has 11 heteroatoms. The third-order valence-corrected chi connectivity index (χ3v) is 6.95. The minimum Gasteiger partial charge on any atom is -0.497 e. The lowest BCUT2D eigenvalue weighted by Crippen LogP contribution is -2.20. The molecule has 1 amide bonds. The van der Waals surface area contributed by atoms with Crippen LogP contribution in [0.2, 0.25) is 5.02 Å². The number of benzene rings is 3. The molecule has 0 heterocycles. The Kier molecular flexibility index (Phi) is 8.44. The van der Waals surface area contributed by atoms with Gasteiger partial charge in [0, 0.05) is 23.5 Å². The van der Waals surface area contributed by atoms with Gasteiger partial charge in [0.2, 0.25) is 10.0 Å². The van der Waals surface area contributed by atoms with Gasteiger partial charge in [-0.05, 0) is 61.1 Å². The number of hydrogen-bond acceptors (Lipinski definition) is 7. The third-order valence-electron chi connectivity index (χ3n) is 5.14. The second-order valence-electron chi connectivity index (χ2n) is 7.26. The summed E-state index contributed by atoms with van der Waals surface area (Å²) in [6, 6.07) is 14.6. The highest BCUT2D eigenvalue weighted by molar-refractivity contribution is 7.89. The van der Waals surface area contributed by atoms with Crippen molar-refractivity contribution in [2.24, 2.45) is 0 Å². The van der Waals surface area contributed by atoms with Gasteiger partial charge in [0.25, 0.3) is 5.91 Å². The minimum atomic E-state index is -3.82. The number of sulfonamides is 1. The number of carbonyl (C=O) groups excluding carboxylic acids is 1. The van der Waals surface area contributed by atoms with Crippen molar-refractivity contribution in [3.8, 4) is 17.2 Å². The van der Waals surface area contributed by atoms with E-state index < -0.39 is 15.9 Å². The Balaban J connectivity index is 1.90. The molecule has 0 fully saturated rings. The van der Waals surface area contributed by atoms with Gasteiger partial charge in [-0.1, -0.05) is 17.7 Å². The monoisotopic (exact) mass is 519 g/mol. The van der Waals surface area contributed by atoms with Gasteiger partial charge in [0.15, 0.2) is 11.5 Å². The molecule has 0 atom stereocenters. The number of hydrogen-bond donors (Lipinski definition) is 3. The van der Waals surface area contributed by atoms with Gasteiger partial charge < -0.3 is 24.8 Å². The second-order valence-corrected chi connectivity index (χ2v) is 9.53. The first kappa shape index (κ1) is 26.1. The molecule has 0 spiro atoms. The average molecular weight is 520 g/mol.